The lowest BCUT2D eigenvalue weighted by atomic mass is 10.0. The lowest BCUT2D eigenvalue weighted by Gasteiger charge is -2.12. The van der Waals surface area contributed by atoms with E-state index >= 15 is 0 Å². The van der Waals surface area contributed by atoms with Crippen LogP contribution in [-0.4, -0.2) is 19.3 Å². The molecule has 0 aliphatic rings. The molecule has 1 aromatic heterocycles. The monoisotopic (exact) mass is 461 g/mol. The molecular weight excluding hydrogens is 441 g/mol. The number of hydrogen-bond acceptors (Lipinski definition) is 5. The van der Waals surface area contributed by atoms with Crippen molar-refractivity contribution in [3.05, 3.63) is 102 Å². The smallest absolute Gasteiger partial charge is 0.255 e. The Morgan fingerprint density at radius 2 is 1.61 bits per heavy atom. The third kappa shape index (κ3) is 4.61. The number of carbonyl (C=O) groups is 1. The van der Waals surface area contributed by atoms with E-state index in [0.717, 1.165) is 11.1 Å². The molecule has 3 N–H and O–H groups in total. The van der Waals surface area contributed by atoms with Crippen LogP contribution >= 0.6 is 0 Å². The van der Waals surface area contributed by atoms with E-state index in [2.05, 4.69) is 10.3 Å². The highest BCUT2D eigenvalue weighted by atomic mass is 32.2. The summed E-state index contributed by atoms with van der Waals surface area (Å²) in [6, 6.07) is 19.8. The third-order valence-electron chi connectivity index (χ3n) is 5.15. The Bertz CT molecular complexity index is 1430. The number of sulfone groups is 1. The van der Waals surface area contributed by atoms with Crippen LogP contribution in [0.5, 0.6) is 0 Å². The van der Waals surface area contributed by atoms with E-state index in [1.54, 1.807) is 43.3 Å². The van der Waals surface area contributed by atoms with Crippen LogP contribution in [0.25, 0.3) is 11.1 Å². The van der Waals surface area contributed by atoms with Crippen LogP contribution < -0.4 is 11.1 Å². The molecule has 1 heterocycles. The van der Waals surface area contributed by atoms with Gasteiger partial charge in [-0.15, -0.1) is 0 Å². The number of benzene rings is 3. The number of nitrogen functional groups attached to an aromatic ring is 1. The fourth-order valence-electron chi connectivity index (χ4n) is 3.35. The zero-order valence-corrected chi connectivity index (χ0v) is 18.4. The second kappa shape index (κ2) is 8.84. The van der Waals surface area contributed by atoms with Crippen LogP contribution in [0, 0.1) is 12.7 Å². The summed E-state index contributed by atoms with van der Waals surface area (Å²) in [4.78, 5) is 17.0. The molecule has 0 fully saturated rings. The van der Waals surface area contributed by atoms with Crippen molar-refractivity contribution in [2.24, 2.45) is 0 Å². The number of aromatic nitrogens is 1. The second-order valence-electron chi connectivity index (χ2n) is 7.38. The molecule has 0 bridgehead atoms. The number of pyridine rings is 1. The number of amides is 1. The molecule has 6 nitrogen and oxygen atoms in total. The number of nitrogens with zero attached hydrogens (tertiary/aromatic N) is 1. The summed E-state index contributed by atoms with van der Waals surface area (Å²) < 4.78 is 39.0. The Balaban J connectivity index is 1.57. The molecule has 166 valence electrons. The SMILES string of the molecule is Cc1ncccc1S(=O)(=O)c1ccc(C(=O)Nc2cc(-c3ccc(F)cc3)ccc2N)cc1. The molecule has 4 rings (SSSR count). The van der Waals surface area contributed by atoms with E-state index in [-0.39, 0.29) is 21.2 Å². The Hall–Kier alpha value is -4.04. The van der Waals surface area contributed by atoms with Crippen LogP contribution in [0.15, 0.2) is 94.9 Å². The highest BCUT2D eigenvalue weighted by Crippen LogP contribution is 2.28. The van der Waals surface area contributed by atoms with E-state index in [1.807, 2.05) is 0 Å². The van der Waals surface area contributed by atoms with Crippen molar-refractivity contribution in [1.82, 2.24) is 4.98 Å². The maximum absolute atomic E-state index is 13.2. The van der Waals surface area contributed by atoms with Gasteiger partial charge in [0.15, 0.2) is 0 Å². The maximum atomic E-state index is 13.2. The fraction of sp³-hybridized carbons (Fsp3) is 0.0400. The van der Waals surface area contributed by atoms with E-state index in [4.69, 9.17) is 5.73 Å². The van der Waals surface area contributed by atoms with E-state index in [1.165, 1.54) is 48.7 Å². The first kappa shape index (κ1) is 22.2. The van der Waals surface area contributed by atoms with Crippen molar-refractivity contribution in [1.29, 1.82) is 0 Å². The minimum Gasteiger partial charge on any atom is -0.397 e. The molecule has 4 aromatic rings. The van der Waals surface area contributed by atoms with Crippen LogP contribution in [0.3, 0.4) is 0 Å². The van der Waals surface area contributed by atoms with Gasteiger partial charge in [-0.25, -0.2) is 12.8 Å². The Kier molecular flexibility index (Phi) is 5.93. The van der Waals surface area contributed by atoms with Gasteiger partial charge in [-0.05, 0) is 78.7 Å². The van der Waals surface area contributed by atoms with Crippen LogP contribution in [0.4, 0.5) is 15.8 Å². The van der Waals surface area contributed by atoms with Crippen molar-refractivity contribution in [2.45, 2.75) is 16.7 Å². The second-order valence-corrected chi connectivity index (χ2v) is 9.30. The molecule has 0 spiro atoms. The lowest BCUT2D eigenvalue weighted by molar-refractivity contribution is 0.102. The molecule has 0 atom stereocenters. The van der Waals surface area contributed by atoms with E-state index in [0.29, 0.717) is 17.1 Å². The number of aryl methyl sites for hydroxylation is 1. The summed E-state index contributed by atoms with van der Waals surface area (Å²) in [5.74, 6) is -0.786. The van der Waals surface area contributed by atoms with Gasteiger partial charge < -0.3 is 11.1 Å². The number of carbonyl (C=O) groups excluding carboxylic acids is 1. The number of rotatable bonds is 5. The number of nitrogens with two attached hydrogens (primary N) is 1. The molecule has 8 heteroatoms. The summed E-state index contributed by atoms with van der Waals surface area (Å²) in [6.07, 6.45) is 1.53. The van der Waals surface area contributed by atoms with Gasteiger partial charge >= 0.3 is 0 Å². The average molecular weight is 462 g/mol. The highest BCUT2D eigenvalue weighted by molar-refractivity contribution is 7.91. The van der Waals surface area contributed by atoms with Gasteiger partial charge in [0, 0.05) is 11.8 Å². The Morgan fingerprint density at radius 1 is 0.939 bits per heavy atom. The predicted molar refractivity (Wildman–Crippen MR) is 125 cm³/mol. The van der Waals surface area contributed by atoms with E-state index in [9.17, 15) is 17.6 Å². The standard InChI is InChI=1S/C25H20FN3O3S/c1-16-24(3-2-14-28-16)33(31,32)21-11-6-18(7-12-21)25(30)29-23-15-19(8-13-22(23)27)17-4-9-20(26)10-5-17/h2-15H,27H2,1H3,(H,29,30). The minimum atomic E-state index is -3.76. The quantitative estimate of drug-likeness (QED) is 0.413. The number of hydrogen-bond donors (Lipinski definition) is 2. The molecule has 3 aromatic carbocycles. The Morgan fingerprint density at radius 3 is 2.27 bits per heavy atom. The first-order chi connectivity index (χ1) is 15.8. The fourth-order valence-corrected chi connectivity index (χ4v) is 4.79. The zero-order chi connectivity index (χ0) is 23.6. The summed E-state index contributed by atoms with van der Waals surface area (Å²) in [7, 11) is -3.76. The van der Waals surface area contributed by atoms with Crippen LogP contribution in [-0.2, 0) is 9.84 Å². The largest absolute Gasteiger partial charge is 0.397 e. The number of nitrogens with one attached hydrogen (secondary N) is 1. The predicted octanol–water partition coefficient (Wildman–Crippen LogP) is 4.86. The molecule has 0 saturated heterocycles. The molecule has 0 aliphatic heterocycles. The maximum Gasteiger partial charge on any atom is 0.255 e. The average Bonchev–Trinajstić information content (AvgIpc) is 2.81. The molecule has 0 unspecified atom stereocenters. The van der Waals surface area contributed by atoms with Crippen molar-refractivity contribution < 1.29 is 17.6 Å². The topological polar surface area (TPSA) is 102 Å². The van der Waals surface area contributed by atoms with Crippen molar-refractivity contribution in [2.75, 3.05) is 11.1 Å². The normalized spacial score (nSPS) is 11.2. The van der Waals surface area contributed by atoms with Gasteiger partial charge in [-0.3, -0.25) is 9.78 Å². The summed E-state index contributed by atoms with van der Waals surface area (Å²) in [5, 5.41) is 2.75. The van der Waals surface area contributed by atoms with E-state index < -0.39 is 15.7 Å². The Labute approximate surface area is 190 Å². The molecular formula is C25H20FN3O3S. The van der Waals surface area contributed by atoms with Gasteiger partial charge in [0.25, 0.3) is 5.91 Å². The van der Waals surface area contributed by atoms with Gasteiger partial charge in [-0.1, -0.05) is 18.2 Å². The highest BCUT2D eigenvalue weighted by Gasteiger charge is 2.21. The molecule has 0 radical (unpaired) electrons. The molecule has 0 saturated carbocycles. The number of anilines is 2. The molecule has 0 aliphatic carbocycles. The van der Waals surface area contributed by atoms with Crippen molar-refractivity contribution in [3.8, 4) is 11.1 Å². The summed E-state index contributed by atoms with van der Waals surface area (Å²) >= 11 is 0. The molecule has 33 heavy (non-hydrogen) atoms. The van der Waals surface area contributed by atoms with Gasteiger partial charge in [0.2, 0.25) is 9.84 Å². The summed E-state index contributed by atoms with van der Waals surface area (Å²) in [6.45, 7) is 1.62. The minimum absolute atomic E-state index is 0.0629. The summed E-state index contributed by atoms with van der Waals surface area (Å²) in [5.41, 5.74) is 8.97. The lowest BCUT2D eigenvalue weighted by Crippen LogP contribution is -2.13. The third-order valence-corrected chi connectivity index (χ3v) is 7.06. The van der Waals surface area contributed by atoms with Crippen LogP contribution in [0.2, 0.25) is 0 Å². The van der Waals surface area contributed by atoms with Gasteiger partial charge in [0.1, 0.15) is 5.82 Å². The van der Waals surface area contributed by atoms with Gasteiger partial charge in [-0.2, -0.15) is 0 Å². The van der Waals surface area contributed by atoms with Crippen molar-refractivity contribution >= 4 is 27.1 Å². The number of halogens is 1. The first-order valence-electron chi connectivity index (χ1n) is 9.99. The van der Waals surface area contributed by atoms with Crippen LogP contribution in [0.1, 0.15) is 16.1 Å². The first-order valence-corrected chi connectivity index (χ1v) is 11.5. The molecule has 1 amide bonds. The van der Waals surface area contributed by atoms with Gasteiger partial charge in [0.05, 0.1) is 26.9 Å². The van der Waals surface area contributed by atoms with Crippen molar-refractivity contribution in [3.63, 3.8) is 0 Å². The zero-order valence-electron chi connectivity index (χ0n) is 17.6.